The number of rotatable bonds is 4. The van der Waals surface area contributed by atoms with Gasteiger partial charge in [-0.25, -0.2) is 0 Å². The number of hydrogen-bond donors (Lipinski definition) is 1. The van der Waals surface area contributed by atoms with Crippen molar-refractivity contribution in [1.82, 2.24) is 15.3 Å². The first-order chi connectivity index (χ1) is 13.6. The molecule has 1 N–H and O–H groups in total. The third-order valence-electron chi connectivity index (χ3n) is 3.83. The second-order valence-electron chi connectivity index (χ2n) is 5.84. The lowest BCUT2D eigenvalue weighted by atomic mass is 10.0. The number of alkyl halides is 6. The van der Waals surface area contributed by atoms with Crippen LogP contribution >= 0.6 is 11.3 Å². The number of nitrogens with one attached hydrogen (secondary N) is 1. The first-order valence-electron chi connectivity index (χ1n) is 7.96. The first-order valence-corrected chi connectivity index (χ1v) is 8.90. The van der Waals surface area contributed by atoms with Crippen LogP contribution in [0.3, 0.4) is 0 Å². The predicted molar refractivity (Wildman–Crippen MR) is 93.0 cm³/mol. The molecule has 0 saturated carbocycles. The molecule has 0 aliphatic heterocycles. The van der Waals surface area contributed by atoms with Crippen molar-refractivity contribution in [2.75, 3.05) is 0 Å². The van der Waals surface area contributed by atoms with Gasteiger partial charge >= 0.3 is 12.4 Å². The van der Waals surface area contributed by atoms with E-state index in [0.29, 0.717) is 23.5 Å². The first kappa shape index (κ1) is 20.8. The van der Waals surface area contributed by atoms with Crippen LogP contribution in [-0.4, -0.2) is 15.9 Å². The molecule has 0 aliphatic rings. The molecular weight excluding hydrogens is 420 g/mol. The summed E-state index contributed by atoms with van der Waals surface area (Å²) in [6, 6.07) is 2.48. The maximum Gasteiger partial charge on any atom is 0.416 e. The summed E-state index contributed by atoms with van der Waals surface area (Å²) in [5, 5.41) is 5.89. The van der Waals surface area contributed by atoms with E-state index in [1.54, 1.807) is 16.8 Å². The second-order valence-corrected chi connectivity index (χ2v) is 6.62. The summed E-state index contributed by atoms with van der Waals surface area (Å²) in [4.78, 5) is 20.5. The maximum atomic E-state index is 12.9. The van der Waals surface area contributed by atoms with Crippen LogP contribution in [0.25, 0.3) is 11.3 Å². The van der Waals surface area contributed by atoms with Gasteiger partial charge in [0.05, 0.1) is 29.1 Å². The SMILES string of the molecule is O=C(NCc1nccnc1-c1ccsc1)c1cc(C(F)(F)F)cc(C(F)(F)F)c1. The van der Waals surface area contributed by atoms with Gasteiger partial charge in [0.25, 0.3) is 5.91 Å². The third kappa shape index (κ3) is 4.91. The largest absolute Gasteiger partial charge is 0.416 e. The number of benzene rings is 1. The topological polar surface area (TPSA) is 54.9 Å². The summed E-state index contributed by atoms with van der Waals surface area (Å²) in [6.45, 7) is -0.227. The lowest BCUT2D eigenvalue weighted by molar-refractivity contribution is -0.143. The van der Waals surface area contributed by atoms with Crippen LogP contribution in [0.2, 0.25) is 0 Å². The highest BCUT2D eigenvalue weighted by atomic mass is 32.1. The Morgan fingerprint density at radius 1 is 0.966 bits per heavy atom. The number of carbonyl (C=O) groups excluding carboxylic acids is 1. The number of halogens is 6. The number of thiophene rings is 1. The van der Waals surface area contributed by atoms with E-state index in [0.717, 1.165) is 5.56 Å². The average molecular weight is 431 g/mol. The average Bonchev–Trinajstić information content (AvgIpc) is 3.19. The van der Waals surface area contributed by atoms with Crippen molar-refractivity contribution in [3.05, 3.63) is 69.8 Å². The summed E-state index contributed by atoms with van der Waals surface area (Å²) in [5.74, 6) is -1.09. The van der Waals surface area contributed by atoms with Gasteiger partial charge in [0.2, 0.25) is 0 Å². The van der Waals surface area contributed by atoms with E-state index in [1.807, 2.05) is 0 Å². The molecule has 0 fully saturated rings. The standard InChI is InChI=1S/C18H11F6N3OS/c19-17(20,21)12-5-11(6-13(7-12)18(22,23)24)16(28)27-8-14-15(26-3-2-25-14)10-1-4-29-9-10/h1-7,9H,8H2,(H,27,28). The van der Waals surface area contributed by atoms with Crippen LogP contribution in [0, 0.1) is 0 Å². The fourth-order valence-electron chi connectivity index (χ4n) is 2.49. The van der Waals surface area contributed by atoms with Crippen LogP contribution in [0.1, 0.15) is 27.2 Å². The smallest absolute Gasteiger partial charge is 0.346 e. The van der Waals surface area contributed by atoms with E-state index in [4.69, 9.17) is 0 Å². The predicted octanol–water partition coefficient (Wildman–Crippen LogP) is 5.17. The maximum absolute atomic E-state index is 12.9. The molecule has 2 heterocycles. The highest BCUT2D eigenvalue weighted by Crippen LogP contribution is 2.36. The van der Waals surface area contributed by atoms with Crippen molar-refractivity contribution >= 4 is 17.2 Å². The molecule has 152 valence electrons. The molecule has 0 bridgehead atoms. The Labute approximate surface area is 164 Å². The number of aromatic nitrogens is 2. The highest BCUT2D eigenvalue weighted by Gasteiger charge is 2.37. The molecule has 0 saturated heterocycles. The Hall–Kier alpha value is -2.95. The number of nitrogens with zero attached hydrogens (tertiary/aromatic N) is 2. The lowest BCUT2D eigenvalue weighted by Crippen LogP contribution is -2.25. The van der Waals surface area contributed by atoms with E-state index < -0.39 is 35.0 Å². The van der Waals surface area contributed by atoms with E-state index in [-0.39, 0.29) is 12.6 Å². The highest BCUT2D eigenvalue weighted by molar-refractivity contribution is 7.08. The van der Waals surface area contributed by atoms with Gasteiger partial charge in [-0.2, -0.15) is 37.7 Å². The minimum atomic E-state index is -5.03. The molecule has 1 aromatic carbocycles. The summed E-state index contributed by atoms with van der Waals surface area (Å²) in [5.41, 5.74) is -2.37. The van der Waals surface area contributed by atoms with Gasteiger partial charge in [-0.05, 0) is 29.6 Å². The molecule has 3 rings (SSSR count). The summed E-state index contributed by atoms with van der Waals surface area (Å²) < 4.78 is 77.7. The van der Waals surface area contributed by atoms with Crippen LogP contribution < -0.4 is 5.32 Å². The number of hydrogen-bond acceptors (Lipinski definition) is 4. The van der Waals surface area contributed by atoms with Crippen molar-refractivity contribution in [1.29, 1.82) is 0 Å². The molecule has 0 aliphatic carbocycles. The summed E-state index contributed by atoms with van der Waals surface area (Å²) in [7, 11) is 0. The van der Waals surface area contributed by atoms with Gasteiger partial charge in [0, 0.05) is 28.9 Å². The molecule has 0 radical (unpaired) electrons. The van der Waals surface area contributed by atoms with E-state index >= 15 is 0 Å². The van der Waals surface area contributed by atoms with Crippen LogP contribution in [0.4, 0.5) is 26.3 Å². The fourth-order valence-corrected chi connectivity index (χ4v) is 3.13. The normalized spacial score (nSPS) is 12.1. The van der Waals surface area contributed by atoms with Crippen LogP contribution in [0.5, 0.6) is 0 Å². The Morgan fingerprint density at radius 2 is 1.59 bits per heavy atom. The monoisotopic (exact) mass is 431 g/mol. The lowest BCUT2D eigenvalue weighted by Gasteiger charge is -2.14. The molecular formula is C18H11F6N3OS. The van der Waals surface area contributed by atoms with Crippen molar-refractivity contribution in [3.8, 4) is 11.3 Å². The van der Waals surface area contributed by atoms with Gasteiger partial charge in [0.15, 0.2) is 0 Å². The van der Waals surface area contributed by atoms with Gasteiger partial charge in [-0.15, -0.1) is 0 Å². The second kappa shape index (κ2) is 7.82. The Balaban J connectivity index is 1.87. The minimum Gasteiger partial charge on any atom is -0.346 e. The quantitative estimate of drug-likeness (QED) is 0.580. The molecule has 2 aromatic heterocycles. The van der Waals surface area contributed by atoms with Crippen molar-refractivity contribution < 1.29 is 31.1 Å². The number of carbonyl (C=O) groups is 1. The molecule has 0 spiro atoms. The molecule has 3 aromatic rings. The van der Waals surface area contributed by atoms with E-state index in [9.17, 15) is 31.1 Å². The summed E-state index contributed by atoms with van der Waals surface area (Å²) >= 11 is 1.40. The zero-order valence-corrected chi connectivity index (χ0v) is 15.1. The van der Waals surface area contributed by atoms with Crippen molar-refractivity contribution in [2.24, 2.45) is 0 Å². The zero-order chi connectivity index (χ0) is 21.2. The van der Waals surface area contributed by atoms with Gasteiger partial charge in [-0.3, -0.25) is 14.8 Å². The molecule has 4 nitrogen and oxygen atoms in total. The zero-order valence-electron chi connectivity index (χ0n) is 14.3. The molecule has 1 amide bonds. The van der Waals surface area contributed by atoms with Crippen molar-refractivity contribution in [3.63, 3.8) is 0 Å². The Bertz CT molecular complexity index is 983. The van der Waals surface area contributed by atoms with Gasteiger partial charge < -0.3 is 5.32 Å². The fraction of sp³-hybridized carbons (Fsp3) is 0.167. The Morgan fingerprint density at radius 3 is 2.14 bits per heavy atom. The van der Waals surface area contributed by atoms with Crippen LogP contribution in [0.15, 0.2) is 47.4 Å². The molecule has 29 heavy (non-hydrogen) atoms. The molecule has 0 unspecified atom stereocenters. The third-order valence-corrected chi connectivity index (χ3v) is 4.52. The Kier molecular flexibility index (Phi) is 5.60. The van der Waals surface area contributed by atoms with E-state index in [1.165, 1.54) is 23.7 Å². The van der Waals surface area contributed by atoms with Gasteiger partial charge in [0.1, 0.15) is 0 Å². The van der Waals surface area contributed by atoms with Crippen LogP contribution in [-0.2, 0) is 18.9 Å². The minimum absolute atomic E-state index is 0.0336. The van der Waals surface area contributed by atoms with Gasteiger partial charge in [-0.1, -0.05) is 0 Å². The van der Waals surface area contributed by atoms with E-state index in [2.05, 4.69) is 15.3 Å². The molecule has 0 atom stereocenters. The number of amides is 1. The van der Waals surface area contributed by atoms with Crippen molar-refractivity contribution in [2.45, 2.75) is 18.9 Å². The summed E-state index contributed by atoms with van der Waals surface area (Å²) in [6.07, 6.45) is -7.27. The molecule has 11 heteroatoms.